The Labute approximate surface area is 113 Å². The van der Waals surface area contributed by atoms with Gasteiger partial charge in [-0.1, -0.05) is 12.1 Å². The first kappa shape index (κ1) is 14.0. The first-order chi connectivity index (χ1) is 9.35. The Morgan fingerprint density at radius 2 is 1.75 bits per heavy atom. The quantitative estimate of drug-likeness (QED) is 0.802. The van der Waals surface area contributed by atoms with Crippen molar-refractivity contribution in [3.63, 3.8) is 0 Å². The van der Waals surface area contributed by atoms with Crippen LogP contribution >= 0.6 is 0 Å². The van der Waals surface area contributed by atoms with Crippen molar-refractivity contribution in [1.29, 1.82) is 0 Å². The number of Topliss-reactive ketones (excluding diaryl/α,β-unsaturated/α-hetero) is 1. The first-order valence-electron chi connectivity index (χ1n) is 5.67. The van der Waals surface area contributed by atoms with Crippen molar-refractivity contribution in [2.24, 2.45) is 0 Å². The molecular formula is C14H10F3NO2. The summed E-state index contributed by atoms with van der Waals surface area (Å²) in [6.07, 6.45) is -1.74. The van der Waals surface area contributed by atoms with Crippen LogP contribution in [0, 0.1) is 0 Å². The summed E-state index contributed by atoms with van der Waals surface area (Å²) in [4.78, 5) is 15.2. The number of hydrogen-bond acceptors (Lipinski definition) is 3. The lowest BCUT2D eigenvalue weighted by molar-refractivity contribution is -0.274. The number of hydrogen-bond donors (Lipinski definition) is 0. The zero-order chi connectivity index (χ0) is 14.8. The summed E-state index contributed by atoms with van der Waals surface area (Å²) in [6.45, 7) is 1.42. The predicted octanol–water partition coefficient (Wildman–Crippen LogP) is 3.85. The summed E-state index contributed by atoms with van der Waals surface area (Å²) >= 11 is 0. The van der Waals surface area contributed by atoms with Crippen molar-refractivity contribution in [3.8, 4) is 16.9 Å². The fraction of sp³-hybridized carbons (Fsp3) is 0.143. The molecule has 3 nitrogen and oxygen atoms in total. The normalized spacial score (nSPS) is 11.2. The van der Waals surface area contributed by atoms with Crippen LogP contribution in [0.3, 0.4) is 0 Å². The summed E-state index contributed by atoms with van der Waals surface area (Å²) in [6, 6.07) is 7.01. The number of aromatic nitrogens is 1. The highest BCUT2D eigenvalue weighted by atomic mass is 19.4. The first-order valence-corrected chi connectivity index (χ1v) is 5.67. The minimum Gasteiger partial charge on any atom is -0.406 e. The highest BCUT2D eigenvalue weighted by Crippen LogP contribution is 2.26. The molecule has 0 radical (unpaired) electrons. The van der Waals surface area contributed by atoms with Gasteiger partial charge in [-0.15, -0.1) is 13.2 Å². The van der Waals surface area contributed by atoms with Gasteiger partial charge >= 0.3 is 6.36 Å². The van der Waals surface area contributed by atoms with Gasteiger partial charge in [-0.3, -0.25) is 9.78 Å². The minimum absolute atomic E-state index is 0.128. The number of pyridine rings is 1. The molecule has 0 unspecified atom stereocenters. The number of alkyl halides is 3. The van der Waals surface area contributed by atoms with Crippen molar-refractivity contribution in [1.82, 2.24) is 4.98 Å². The molecule has 0 atom stereocenters. The maximum atomic E-state index is 12.0. The van der Waals surface area contributed by atoms with Crippen molar-refractivity contribution in [2.75, 3.05) is 0 Å². The SMILES string of the molecule is CC(=O)c1cncc(-c2ccc(OC(F)(F)F)cc2)c1. The topological polar surface area (TPSA) is 39.2 Å². The monoisotopic (exact) mass is 281 g/mol. The number of benzene rings is 1. The number of ketones is 1. The standard InChI is InChI=1S/C14H10F3NO2/c1-9(19)11-6-12(8-18-7-11)10-2-4-13(5-3-10)20-14(15,16)17/h2-8H,1H3. The van der Waals surface area contributed by atoms with Gasteiger partial charge in [0.05, 0.1) is 0 Å². The van der Waals surface area contributed by atoms with Gasteiger partial charge in [-0.25, -0.2) is 0 Å². The zero-order valence-corrected chi connectivity index (χ0v) is 10.4. The van der Waals surface area contributed by atoms with E-state index < -0.39 is 6.36 Å². The molecule has 6 heteroatoms. The third-order valence-corrected chi connectivity index (χ3v) is 2.57. The van der Waals surface area contributed by atoms with Gasteiger partial charge in [0.1, 0.15) is 5.75 Å². The van der Waals surface area contributed by atoms with Crippen LogP contribution in [-0.4, -0.2) is 17.1 Å². The lowest BCUT2D eigenvalue weighted by atomic mass is 10.0. The lowest BCUT2D eigenvalue weighted by Gasteiger charge is -2.09. The molecule has 0 spiro atoms. The second-order valence-electron chi connectivity index (χ2n) is 4.09. The van der Waals surface area contributed by atoms with E-state index in [0.717, 1.165) is 0 Å². The third-order valence-electron chi connectivity index (χ3n) is 2.57. The highest BCUT2D eigenvalue weighted by molar-refractivity contribution is 5.94. The summed E-state index contributed by atoms with van der Waals surface area (Å²) < 4.78 is 39.9. The van der Waals surface area contributed by atoms with E-state index >= 15 is 0 Å². The van der Waals surface area contributed by atoms with E-state index in [1.54, 1.807) is 6.07 Å². The van der Waals surface area contributed by atoms with E-state index in [2.05, 4.69) is 9.72 Å². The Morgan fingerprint density at radius 1 is 1.10 bits per heavy atom. The molecule has 1 aromatic heterocycles. The van der Waals surface area contributed by atoms with E-state index in [1.165, 1.54) is 43.6 Å². The van der Waals surface area contributed by atoms with Crippen LogP contribution in [0.25, 0.3) is 11.1 Å². The van der Waals surface area contributed by atoms with Crippen molar-refractivity contribution in [2.45, 2.75) is 13.3 Å². The van der Waals surface area contributed by atoms with Crippen molar-refractivity contribution >= 4 is 5.78 Å². The van der Waals surface area contributed by atoms with Crippen LogP contribution in [0.1, 0.15) is 17.3 Å². The van der Waals surface area contributed by atoms with E-state index in [4.69, 9.17) is 0 Å². The Hall–Kier alpha value is -2.37. The smallest absolute Gasteiger partial charge is 0.406 e. The minimum atomic E-state index is -4.71. The maximum absolute atomic E-state index is 12.0. The molecule has 0 aliphatic carbocycles. The molecule has 20 heavy (non-hydrogen) atoms. The Morgan fingerprint density at radius 3 is 2.30 bits per heavy atom. The number of rotatable bonds is 3. The van der Waals surface area contributed by atoms with Crippen molar-refractivity contribution < 1.29 is 22.7 Å². The molecule has 0 aliphatic rings. The molecule has 2 rings (SSSR count). The molecule has 104 valence electrons. The van der Waals surface area contributed by atoms with Crippen LogP contribution in [0.15, 0.2) is 42.7 Å². The van der Waals surface area contributed by atoms with E-state index in [-0.39, 0.29) is 11.5 Å². The Bertz CT molecular complexity index is 621. The zero-order valence-electron chi connectivity index (χ0n) is 10.4. The number of nitrogens with zero attached hydrogens (tertiary/aromatic N) is 1. The third kappa shape index (κ3) is 3.57. The number of halogens is 3. The fourth-order valence-corrected chi connectivity index (χ4v) is 1.64. The molecule has 0 amide bonds. The van der Waals surface area contributed by atoms with Crippen LogP contribution in [-0.2, 0) is 0 Å². The predicted molar refractivity (Wildman–Crippen MR) is 66.4 cm³/mol. The van der Waals surface area contributed by atoms with Crippen LogP contribution in [0.5, 0.6) is 5.75 Å². The van der Waals surface area contributed by atoms with Gasteiger partial charge in [0, 0.05) is 23.5 Å². The summed E-state index contributed by atoms with van der Waals surface area (Å²) in [5.41, 5.74) is 1.74. The van der Waals surface area contributed by atoms with Crippen LogP contribution < -0.4 is 4.74 Å². The van der Waals surface area contributed by atoms with E-state index in [0.29, 0.717) is 16.7 Å². The van der Waals surface area contributed by atoms with Crippen LogP contribution in [0.4, 0.5) is 13.2 Å². The molecule has 0 aliphatic heterocycles. The van der Waals surface area contributed by atoms with Gasteiger partial charge in [-0.05, 0) is 30.7 Å². The Balaban J connectivity index is 2.26. The van der Waals surface area contributed by atoms with Gasteiger partial charge in [0.15, 0.2) is 5.78 Å². The van der Waals surface area contributed by atoms with Gasteiger partial charge in [0.25, 0.3) is 0 Å². The molecule has 0 bridgehead atoms. The van der Waals surface area contributed by atoms with Gasteiger partial charge in [-0.2, -0.15) is 0 Å². The van der Waals surface area contributed by atoms with Crippen LogP contribution in [0.2, 0.25) is 0 Å². The second-order valence-corrected chi connectivity index (χ2v) is 4.09. The van der Waals surface area contributed by atoms with Gasteiger partial charge < -0.3 is 4.74 Å². The summed E-state index contributed by atoms with van der Waals surface area (Å²) in [5, 5.41) is 0. The molecule has 2 aromatic rings. The lowest BCUT2D eigenvalue weighted by Crippen LogP contribution is -2.16. The van der Waals surface area contributed by atoms with Crippen molar-refractivity contribution in [3.05, 3.63) is 48.3 Å². The van der Waals surface area contributed by atoms with E-state index in [9.17, 15) is 18.0 Å². The van der Waals surface area contributed by atoms with Gasteiger partial charge in [0.2, 0.25) is 0 Å². The highest BCUT2D eigenvalue weighted by Gasteiger charge is 2.30. The number of carbonyl (C=O) groups excluding carboxylic acids is 1. The molecule has 0 saturated carbocycles. The summed E-state index contributed by atoms with van der Waals surface area (Å²) in [5.74, 6) is -0.423. The average Bonchev–Trinajstić information content (AvgIpc) is 2.38. The second kappa shape index (κ2) is 5.32. The number of ether oxygens (including phenoxy) is 1. The Kier molecular flexibility index (Phi) is 3.74. The molecule has 0 saturated heterocycles. The maximum Gasteiger partial charge on any atom is 0.573 e. The molecule has 1 aromatic carbocycles. The summed E-state index contributed by atoms with van der Waals surface area (Å²) in [7, 11) is 0. The molecule has 0 N–H and O–H groups in total. The largest absolute Gasteiger partial charge is 0.573 e. The van der Waals surface area contributed by atoms with E-state index in [1.807, 2.05) is 0 Å². The average molecular weight is 281 g/mol. The number of carbonyl (C=O) groups is 1. The fourth-order valence-electron chi connectivity index (χ4n) is 1.64. The molecular weight excluding hydrogens is 271 g/mol. The molecule has 1 heterocycles. The molecule has 0 fully saturated rings.